The van der Waals surface area contributed by atoms with Gasteiger partial charge in [-0.05, 0) is 12.1 Å². The topological polar surface area (TPSA) is 67.2 Å². The van der Waals surface area contributed by atoms with E-state index in [1.54, 1.807) is 10.7 Å². The third-order valence-corrected chi connectivity index (χ3v) is 3.36. The van der Waals surface area contributed by atoms with Crippen molar-refractivity contribution in [2.75, 3.05) is 4.72 Å². The monoisotopic (exact) mass is 299 g/mol. The molecule has 21 heavy (non-hydrogen) atoms. The zero-order valence-corrected chi connectivity index (χ0v) is 11.8. The van der Waals surface area contributed by atoms with Gasteiger partial charge in [-0.25, -0.2) is 8.89 Å². The van der Waals surface area contributed by atoms with Gasteiger partial charge in [0, 0.05) is 11.6 Å². The third-order valence-electron chi connectivity index (χ3n) is 2.97. The molecular weight excluding hydrogens is 286 g/mol. The molecule has 0 bridgehead atoms. The summed E-state index contributed by atoms with van der Waals surface area (Å²) in [5.74, 6) is 0.346. The molecule has 1 aromatic heterocycles. The number of nitrogens with zero attached hydrogens (tertiary/aromatic N) is 2. The average Bonchev–Trinajstić information content (AvgIpc) is 2.92. The Bertz CT molecular complexity index is 700. The molecule has 106 valence electrons. The molecule has 0 aliphatic carbocycles. The lowest BCUT2D eigenvalue weighted by Gasteiger charge is -2.06. The molecule has 0 amide bonds. The maximum atomic E-state index is 10.9. The van der Waals surface area contributed by atoms with Gasteiger partial charge in [-0.15, -0.1) is 5.10 Å². The van der Waals surface area contributed by atoms with Crippen LogP contribution in [-0.2, 0) is 11.3 Å². The van der Waals surface area contributed by atoms with Gasteiger partial charge in [-0.1, -0.05) is 48.5 Å². The summed E-state index contributed by atoms with van der Waals surface area (Å²) in [6.07, 6.45) is 0. The molecule has 6 heteroatoms. The molecule has 3 rings (SSSR count). The molecule has 0 aliphatic heterocycles. The number of hydrogen-bond donors (Lipinski definition) is 2. The van der Waals surface area contributed by atoms with Crippen LogP contribution < -0.4 is 4.72 Å². The van der Waals surface area contributed by atoms with Gasteiger partial charge < -0.3 is 0 Å². The first-order chi connectivity index (χ1) is 10.2. The number of nitrogens with one attached hydrogen (secondary N) is 1. The summed E-state index contributed by atoms with van der Waals surface area (Å²) in [5, 5.41) is 4.35. The first kappa shape index (κ1) is 13.5. The molecule has 0 fully saturated rings. The summed E-state index contributed by atoms with van der Waals surface area (Å²) in [6.45, 7) is 0. The van der Waals surface area contributed by atoms with Crippen LogP contribution >= 0.6 is 0 Å². The number of rotatable bonds is 4. The summed E-state index contributed by atoms with van der Waals surface area (Å²) in [4.78, 5) is 0. The second-order valence-electron chi connectivity index (χ2n) is 4.38. The quantitative estimate of drug-likeness (QED) is 0.727. The molecule has 1 unspecified atom stereocenters. The van der Waals surface area contributed by atoms with E-state index in [9.17, 15) is 4.21 Å². The summed E-state index contributed by atoms with van der Waals surface area (Å²) < 4.78 is 24.0. The smallest absolute Gasteiger partial charge is 0.260 e. The molecule has 1 atom stereocenters. The van der Waals surface area contributed by atoms with Crippen LogP contribution in [0.4, 0.5) is 5.82 Å². The van der Waals surface area contributed by atoms with Gasteiger partial charge in [0.25, 0.3) is 11.3 Å². The highest BCUT2D eigenvalue weighted by Crippen LogP contribution is 2.25. The number of aromatic nitrogens is 2. The van der Waals surface area contributed by atoms with E-state index in [-0.39, 0.29) is 0 Å². The molecule has 2 N–H and O–H groups in total. The van der Waals surface area contributed by atoms with E-state index in [1.807, 2.05) is 60.7 Å². The van der Waals surface area contributed by atoms with E-state index >= 15 is 0 Å². The lowest BCUT2D eigenvalue weighted by atomic mass is 10.1. The van der Waals surface area contributed by atoms with Crippen LogP contribution in [0.15, 0.2) is 66.7 Å². The van der Waals surface area contributed by atoms with Gasteiger partial charge in [-0.3, -0.25) is 9.27 Å². The number of anilines is 1. The van der Waals surface area contributed by atoms with Crippen molar-refractivity contribution in [3.63, 3.8) is 0 Å². The van der Waals surface area contributed by atoms with Gasteiger partial charge in [0.2, 0.25) is 0 Å². The Morgan fingerprint density at radius 1 is 1.00 bits per heavy atom. The van der Waals surface area contributed by atoms with Crippen LogP contribution in [0.3, 0.4) is 0 Å². The Labute approximate surface area is 124 Å². The summed E-state index contributed by atoms with van der Waals surface area (Å²) in [6, 6.07) is 21.1. The van der Waals surface area contributed by atoms with Crippen molar-refractivity contribution in [1.82, 2.24) is 9.78 Å². The van der Waals surface area contributed by atoms with Crippen LogP contribution in [0.5, 0.6) is 0 Å². The fourth-order valence-corrected chi connectivity index (χ4v) is 2.38. The summed E-state index contributed by atoms with van der Waals surface area (Å²) in [5.41, 5.74) is 2.70. The lowest BCUT2D eigenvalue weighted by molar-refractivity contribution is 0.570. The van der Waals surface area contributed by atoms with E-state index in [1.165, 1.54) is 0 Å². The van der Waals surface area contributed by atoms with Gasteiger partial charge in [0.1, 0.15) is 0 Å². The van der Waals surface area contributed by atoms with E-state index < -0.39 is 11.3 Å². The summed E-state index contributed by atoms with van der Waals surface area (Å²) >= 11 is -2.15. The SMILES string of the molecule is O=S(O)Nc1cc(-c2ccccc2)n(-c2ccccc2)n1. The van der Waals surface area contributed by atoms with Crippen molar-refractivity contribution in [2.24, 2.45) is 0 Å². The van der Waals surface area contributed by atoms with Crippen molar-refractivity contribution in [2.45, 2.75) is 0 Å². The van der Waals surface area contributed by atoms with E-state index in [0.29, 0.717) is 5.82 Å². The Morgan fingerprint density at radius 3 is 2.24 bits per heavy atom. The van der Waals surface area contributed by atoms with Crippen molar-refractivity contribution in [3.05, 3.63) is 66.7 Å². The molecule has 0 radical (unpaired) electrons. The largest absolute Gasteiger partial charge is 0.289 e. The van der Waals surface area contributed by atoms with Gasteiger partial charge in [-0.2, -0.15) is 0 Å². The maximum Gasteiger partial charge on any atom is 0.260 e. The van der Waals surface area contributed by atoms with Crippen LogP contribution in [0, 0.1) is 0 Å². The average molecular weight is 299 g/mol. The first-order valence-corrected chi connectivity index (χ1v) is 7.43. The minimum Gasteiger partial charge on any atom is -0.289 e. The number of para-hydroxylation sites is 1. The Hall–Kier alpha value is -2.44. The van der Waals surface area contributed by atoms with Gasteiger partial charge >= 0.3 is 0 Å². The zero-order chi connectivity index (χ0) is 14.7. The Kier molecular flexibility index (Phi) is 3.81. The van der Waals surface area contributed by atoms with Gasteiger partial charge in [0.15, 0.2) is 5.82 Å². The minimum atomic E-state index is -2.15. The lowest BCUT2D eigenvalue weighted by Crippen LogP contribution is -2.04. The van der Waals surface area contributed by atoms with Crippen molar-refractivity contribution in [3.8, 4) is 16.9 Å². The molecule has 1 heterocycles. The molecule has 3 aromatic rings. The van der Waals surface area contributed by atoms with Crippen molar-refractivity contribution >= 4 is 17.1 Å². The molecule has 2 aromatic carbocycles. The molecule has 0 spiro atoms. The minimum absolute atomic E-state index is 0.346. The van der Waals surface area contributed by atoms with Crippen molar-refractivity contribution < 1.29 is 8.76 Å². The fourth-order valence-electron chi connectivity index (χ4n) is 2.10. The highest BCUT2D eigenvalue weighted by molar-refractivity contribution is 7.80. The maximum absolute atomic E-state index is 10.9. The predicted octanol–water partition coefficient (Wildman–Crippen LogP) is 3.09. The van der Waals surface area contributed by atoms with Crippen LogP contribution in [0.1, 0.15) is 0 Å². The third kappa shape index (κ3) is 3.01. The molecule has 5 nitrogen and oxygen atoms in total. The fraction of sp³-hybridized carbons (Fsp3) is 0. The molecule has 0 aliphatic rings. The van der Waals surface area contributed by atoms with E-state index in [2.05, 4.69) is 9.82 Å². The van der Waals surface area contributed by atoms with E-state index in [4.69, 9.17) is 4.55 Å². The number of hydrogen-bond acceptors (Lipinski definition) is 2. The van der Waals surface area contributed by atoms with Crippen molar-refractivity contribution in [1.29, 1.82) is 0 Å². The zero-order valence-electron chi connectivity index (χ0n) is 11.0. The van der Waals surface area contributed by atoms with Crippen LogP contribution in [-0.4, -0.2) is 18.5 Å². The second kappa shape index (κ2) is 5.90. The Balaban J connectivity index is 2.13. The second-order valence-corrected chi connectivity index (χ2v) is 5.08. The highest BCUT2D eigenvalue weighted by atomic mass is 32.2. The molecule has 0 saturated heterocycles. The van der Waals surface area contributed by atoms with E-state index in [0.717, 1.165) is 16.9 Å². The molecular formula is C15H13N3O2S. The summed E-state index contributed by atoms with van der Waals surface area (Å²) in [7, 11) is 0. The van der Waals surface area contributed by atoms with Crippen LogP contribution in [0.25, 0.3) is 16.9 Å². The first-order valence-electron chi connectivity index (χ1n) is 6.32. The molecule has 0 saturated carbocycles. The number of benzene rings is 2. The normalized spacial score (nSPS) is 12.0. The van der Waals surface area contributed by atoms with Crippen LogP contribution in [0.2, 0.25) is 0 Å². The standard InChI is InChI=1S/C15H13N3O2S/c19-21(20)17-15-11-14(12-7-3-1-4-8-12)18(16-15)13-9-5-2-6-10-13/h1-11H,(H,16,17)(H,19,20). The van der Waals surface area contributed by atoms with Gasteiger partial charge in [0.05, 0.1) is 11.4 Å². The Morgan fingerprint density at radius 2 is 1.62 bits per heavy atom. The highest BCUT2D eigenvalue weighted by Gasteiger charge is 2.12. The predicted molar refractivity (Wildman–Crippen MR) is 83.4 cm³/mol.